The van der Waals surface area contributed by atoms with Gasteiger partial charge in [-0.05, 0) is 44.9 Å². The lowest BCUT2D eigenvalue weighted by atomic mass is 9.96. The summed E-state index contributed by atoms with van der Waals surface area (Å²) in [6.45, 7) is 9.07. The molecule has 0 saturated heterocycles. The van der Waals surface area contributed by atoms with E-state index in [1.165, 1.54) is 122 Å². The Bertz CT molecular complexity index is 779. The molecule has 296 valence electrons. The third-order valence-corrected chi connectivity index (χ3v) is 14.1. The lowest BCUT2D eigenvalue weighted by Gasteiger charge is -2.28. The van der Waals surface area contributed by atoms with Crippen LogP contribution < -0.4 is 0 Å². The lowest BCUT2D eigenvalue weighted by molar-refractivity contribution is -0.171. The largest absolute Gasteiger partial charge is 0.479 e. The fourth-order valence-corrected chi connectivity index (χ4v) is 10.6. The van der Waals surface area contributed by atoms with Gasteiger partial charge in [0.1, 0.15) is 0 Å². The number of unbranched alkanes of at least 4 members (excludes halogenated alkanes) is 24. The fourth-order valence-electron chi connectivity index (χ4n) is 6.78. The zero-order chi connectivity index (χ0) is 37.2. The van der Waals surface area contributed by atoms with Gasteiger partial charge in [-0.25, -0.2) is 9.59 Å². The molecule has 1 unspecified atom stereocenters. The molecule has 2 N–H and O–H groups in total. The van der Waals surface area contributed by atoms with E-state index in [1.807, 2.05) is 0 Å². The second-order valence-electron chi connectivity index (χ2n) is 15.1. The highest BCUT2D eigenvalue weighted by atomic mass is 31.2. The summed E-state index contributed by atoms with van der Waals surface area (Å²) in [7, 11) is -2.18. The highest BCUT2D eigenvalue weighted by molar-refractivity contribution is 7.71. The minimum Gasteiger partial charge on any atom is -0.479 e. The van der Waals surface area contributed by atoms with Crippen molar-refractivity contribution in [3.05, 3.63) is 0 Å². The van der Waals surface area contributed by atoms with Crippen molar-refractivity contribution >= 4 is 25.4 Å². The van der Waals surface area contributed by atoms with Crippen molar-refractivity contribution in [3.63, 3.8) is 0 Å². The summed E-state index contributed by atoms with van der Waals surface area (Å²) in [5, 5.41) is 21.1. The number of rotatable bonds is 38. The first kappa shape index (κ1) is 48.8. The minimum atomic E-state index is -2.54. The molecule has 0 amide bonds. The molecular formula is C42H82O7P+. The quantitative estimate of drug-likeness (QED) is 0.0370. The number of esters is 1. The van der Waals surface area contributed by atoms with Crippen LogP contribution in [0.4, 0.5) is 0 Å². The highest BCUT2D eigenvalue weighted by Crippen LogP contribution is 2.62. The molecule has 0 bridgehead atoms. The van der Waals surface area contributed by atoms with Crippen molar-refractivity contribution in [1.82, 2.24) is 0 Å². The van der Waals surface area contributed by atoms with Crippen molar-refractivity contribution in [3.8, 4) is 0 Å². The van der Waals surface area contributed by atoms with E-state index in [0.717, 1.165) is 69.9 Å². The molecule has 0 heterocycles. The minimum absolute atomic E-state index is 0.193. The molecule has 0 saturated carbocycles. The molecular weight excluding hydrogens is 647 g/mol. The number of ether oxygens (including phenoxy) is 1. The lowest BCUT2D eigenvalue weighted by Crippen LogP contribution is -2.43. The Morgan fingerprint density at radius 2 is 0.760 bits per heavy atom. The van der Waals surface area contributed by atoms with E-state index in [2.05, 4.69) is 27.7 Å². The van der Waals surface area contributed by atoms with Crippen LogP contribution in [0.1, 0.15) is 220 Å². The Labute approximate surface area is 309 Å². The Morgan fingerprint density at radius 3 is 1.10 bits per heavy atom. The maximum atomic E-state index is 13.6. The first-order valence-corrected chi connectivity index (χ1v) is 23.6. The van der Waals surface area contributed by atoms with E-state index in [-0.39, 0.29) is 6.61 Å². The van der Waals surface area contributed by atoms with Crippen LogP contribution >= 0.6 is 7.49 Å². The second kappa shape index (κ2) is 33.6. The molecule has 0 radical (unpaired) electrons. The molecule has 0 fully saturated rings. The first-order chi connectivity index (χ1) is 24.2. The van der Waals surface area contributed by atoms with E-state index in [4.69, 9.17) is 9.26 Å². The smallest absolute Gasteiger partial charge is 0.353 e. The molecule has 0 rings (SSSR count). The molecule has 0 aromatic heterocycles. The summed E-state index contributed by atoms with van der Waals surface area (Å²) >= 11 is 0. The maximum absolute atomic E-state index is 13.6. The predicted molar refractivity (Wildman–Crippen MR) is 212 cm³/mol. The fraction of sp³-hybridized carbons (Fsp3) is 0.929. The van der Waals surface area contributed by atoms with Gasteiger partial charge in [-0.1, -0.05) is 163 Å². The van der Waals surface area contributed by atoms with Crippen LogP contribution in [0, 0.1) is 0 Å². The third kappa shape index (κ3) is 27.5. The van der Waals surface area contributed by atoms with E-state index in [9.17, 15) is 24.6 Å². The molecule has 1 atom stereocenters. The van der Waals surface area contributed by atoms with Crippen LogP contribution in [0.5, 0.6) is 0 Å². The average molecular weight is 730 g/mol. The summed E-state index contributed by atoms with van der Waals surface area (Å²) in [6, 6.07) is 0. The van der Waals surface area contributed by atoms with Crippen molar-refractivity contribution in [2.45, 2.75) is 226 Å². The number of aliphatic hydroxyl groups is 1. The number of hydrogen-bond donors (Lipinski definition) is 2. The number of carbonyl (C=O) groups excluding carboxylic acids is 2. The number of carboxylic acids is 1. The summed E-state index contributed by atoms with van der Waals surface area (Å²) in [5.74, 6) is -3.06. The normalized spacial score (nSPS) is 12.9. The topological polar surface area (TPSA) is 110 Å². The van der Waals surface area contributed by atoms with Crippen LogP contribution in [0.15, 0.2) is 0 Å². The number of carboxylic acid groups (broad SMARTS) is 1. The standard InChI is InChI=1S/C42H81O7P/c1-5-9-13-17-21-22-23-24-25-29-33-48-39(43)37-42(47,41(45)46)38-40(44)49-50(34-30-26-18-14-10-6-2,35-31-27-19-15-11-7-3)36-32-28-20-16-12-8-4/h47H,5-38H2,1-4H3/p+1. The van der Waals surface area contributed by atoms with Crippen molar-refractivity contribution in [2.24, 2.45) is 0 Å². The van der Waals surface area contributed by atoms with Gasteiger partial charge in [0.25, 0.3) is 0 Å². The summed E-state index contributed by atoms with van der Waals surface area (Å²) < 4.78 is 11.7. The van der Waals surface area contributed by atoms with Crippen molar-refractivity contribution in [2.75, 3.05) is 25.1 Å². The summed E-state index contributed by atoms with van der Waals surface area (Å²) in [6.07, 6.45) is 33.5. The monoisotopic (exact) mass is 730 g/mol. The Balaban J connectivity index is 5.32. The van der Waals surface area contributed by atoms with Gasteiger partial charge in [-0.15, -0.1) is 0 Å². The number of aliphatic carboxylic acids is 1. The molecule has 8 heteroatoms. The summed E-state index contributed by atoms with van der Waals surface area (Å²) in [4.78, 5) is 38.5. The first-order valence-electron chi connectivity index (χ1n) is 21.4. The Kier molecular flexibility index (Phi) is 32.8. The van der Waals surface area contributed by atoms with Gasteiger partial charge in [0.15, 0.2) is 13.1 Å². The van der Waals surface area contributed by atoms with E-state index in [0.29, 0.717) is 6.42 Å². The van der Waals surface area contributed by atoms with Gasteiger partial charge in [0, 0.05) is 0 Å². The van der Waals surface area contributed by atoms with Crippen LogP contribution in [0.3, 0.4) is 0 Å². The number of carbonyl (C=O) groups is 3. The molecule has 0 aliphatic rings. The van der Waals surface area contributed by atoms with Crippen LogP contribution in [-0.2, 0) is 23.6 Å². The molecule has 7 nitrogen and oxygen atoms in total. The van der Waals surface area contributed by atoms with Gasteiger partial charge < -0.3 is 19.5 Å². The van der Waals surface area contributed by atoms with E-state index in [1.54, 1.807) is 0 Å². The SMILES string of the molecule is CCCCCCCCCCCCOC(=O)CC(O)(CC(=O)O[P+](CCCCCCCC)(CCCCCCCC)CCCCCCCC)C(=O)O. The summed E-state index contributed by atoms with van der Waals surface area (Å²) in [5.41, 5.74) is -2.54. The number of hydrogen-bond acceptors (Lipinski definition) is 6. The van der Waals surface area contributed by atoms with Crippen LogP contribution in [-0.4, -0.2) is 58.8 Å². The highest BCUT2D eigenvalue weighted by Gasteiger charge is 2.47. The van der Waals surface area contributed by atoms with Gasteiger partial charge in [0.05, 0.1) is 37.9 Å². The average Bonchev–Trinajstić information content (AvgIpc) is 3.08. The van der Waals surface area contributed by atoms with Gasteiger partial charge >= 0.3 is 17.9 Å². The molecule has 0 aromatic rings. The van der Waals surface area contributed by atoms with Gasteiger partial charge in [0.2, 0.25) is 0 Å². The Hall–Kier alpha value is -1.20. The van der Waals surface area contributed by atoms with E-state index < -0.39 is 43.8 Å². The Morgan fingerprint density at radius 1 is 0.460 bits per heavy atom. The predicted octanol–water partition coefficient (Wildman–Crippen LogP) is 12.6. The van der Waals surface area contributed by atoms with Crippen molar-refractivity contribution < 1.29 is 33.9 Å². The van der Waals surface area contributed by atoms with Gasteiger partial charge in [-0.3, -0.25) is 4.79 Å². The van der Waals surface area contributed by atoms with E-state index >= 15 is 0 Å². The third-order valence-electron chi connectivity index (χ3n) is 10.1. The molecule has 50 heavy (non-hydrogen) atoms. The maximum Gasteiger partial charge on any atom is 0.353 e. The van der Waals surface area contributed by atoms with Crippen LogP contribution in [0.2, 0.25) is 0 Å². The van der Waals surface area contributed by atoms with Crippen molar-refractivity contribution in [1.29, 1.82) is 0 Å². The zero-order valence-electron chi connectivity index (χ0n) is 33.4. The molecule has 0 aromatic carbocycles. The molecule has 0 aliphatic carbocycles. The second-order valence-corrected chi connectivity index (χ2v) is 18.7. The van der Waals surface area contributed by atoms with Crippen LogP contribution in [0.25, 0.3) is 0 Å². The molecule has 0 aliphatic heterocycles. The van der Waals surface area contributed by atoms with Gasteiger partial charge in [-0.2, -0.15) is 0 Å². The molecule has 0 spiro atoms. The zero-order valence-corrected chi connectivity index (χ0v) is 34.3.